The molecule has 4 bridgehead atoms. The van der Waals surface area contributed by atoms with Gasteiger partial charge >= 0.3 is 0 Å². The Kier molecular flexibility index (Phi) is 9.25. The Morgan fingerprint density at radius 1 is 0.936 bits per heavy atom. The van der Waals surface area contributed by atoms with E-state index in [1.165, 1.54) is 46.0 Å². The van der Waals surface area contributed by atoms with Crippen LogP contribution in [0, 0.1) is 5.92 Å². The predicted octanol–water partition coefficient (Wildman–Crippen LogP) is 6.81. The highest BCUT2D eigenvalue weighted by molar-refractivity contribution is 8.76. The molecule has 0 saturated heterocycles. The molecule has 6 atom stereocenters. The third-order valence-corrected chi connectivity index (χ3v) is 13.3. The van der Waals surface area contributed by atoms with Gasteiger partial charge < -0.3 is 44.5 Å². The Balaban J connectivity index is 1.43. The first-order valence-electron chi connectivity index (χ1n) is 16.4. The molecule has 3 aromatic carbocycles. The summed E-state index contributed by atoms with van der Waals surface area (Å²) in [6.45, 7) is -0.0839. The maximum Gasteiger partial charge on any atom is 0.207 e. The second-order valence-electron chi connectivity index (χ2n) is 13.0. The van der Waals surface area contributed by atoms with Crippen molar-refractivity contribution >= 4 is 21.6 Å². The lowest BCUT2D eigenvalue weighted by atomic mass is 9.71. The van der Waals surface area contributed by atoms with Gasteiger partial charge in [0.1, 0.15) is 30.0 Å². The molecule has 2 aliphatic carbocycles. The molecule has 1 saturated carbocycles. The van der Waals surface area contributed by atoms with E-state index in [2.05, 4.69) is 0 Å². The van der Waals surface area contributed by atoms with Crippen LogP contribution in [0.15, 0.2) is 30.3 Å². The van der Waals surface area contributed by atoms with Crippen LogP contribution in [-0.4, -0.2) is 70.1 Å². The fraction of sp³-hybridized carbons (Fsp3) is 0.500. The van der Waals surface area contributed by atoms with E-state index in [1.54, 1.807) is 16.9 Å². The SMILES string of the molecule is COc1cc([C@H]2Oc3cc(OCCO)c4c5c3[C@@H](CSS[C@H]3CCC[C@H](CC[C@H](C5)c5cc(O)ccc5-4)C3)[C@H]2O)c(O)c(OC)c1O. The van der Waals surface area contributed by atoms with Crippen LogP contribution in [-0.2, 0) is 6.42 Å². The number of hydrogen-bond donors (Lipinski definition) is 5. The number of aliphatic hydroxyl groups excluding tert-OH is 2. The molecule has 0 radical (unpaired) electrons. The lowest BCUT2D eigenvalue weighted by Crippen LogP contribution is -2.37. The smallest absolute Gasteiger partial charge is 0.207 e. The molecule has 2 heterocycles. The number of benzene rings is 3. The van der Waals surface area contributed by atoms with Crippen LogP contribution in [0.4, 0.5) is 0 Å². The van der Waals surface area contributed by atoms with E-state index < -0.39 is 12.2 Å². The summed E-state index contributed by atoms with van der Waals surface area (Å²) in [5.74, 6) is 1.65. The van der Waals surface area contributed by atoms with Crippen molar-refractivity contribution in [2.24, 2.45) is 5.92 Å². The summed E-state index contributed by atoms with van der Waals surface area (Å²) in [4.78, 5) is 0. The Morgan fingerprint density at radius 2 is 1.79 bits per heavy atom. The van der Waals surface area contributed by atoms with Crippen molar-refractivity contribution < 1.29 is 44.5 Å². The van der Waals surface area contributed by atoms with Crippen molar-refractivity contribution in [3.05, 3.63) is 52.6 Å². The first-order valence-corrected chi connectivity index (χ1v) is 18.8. The van der Waals surface area contributed by atoms with Crippen molar-refractivity contribution in [1.29, 1.82) is 0 Å². The van der Waals surface area contributed by atoms with Crippen molar-refractivity contribution in [3.8, 4) is 51.4 Å². The number of aliphatic hydroxyl groups is 2. The molecule has 5 N–H and O–H groups in total. The van der Waals surface area contributed by atoms with Crippen molar-refractivity contribution in [3.63, 3.8) is 0 Å². The molecular weight excluding hydrogens is 641 g/mol. The zero-order chi connectivity index (χ0) is 32.8. The molecule has 7 rings (SSSR count). The van der Waals surface area contributed by atoms with E-state index in [9.17, 15) is 25.5 Å². The lowest BCUT2D eigenvalue weighted by Gasteiger charge is -2.41. The first-order chi connectivity index (χ1) is 22.8. The van der Waals surface area contributed by atoms with Gasteiger partial charge in [-0.05, 0) is 78.8 Å². The van der Waals surface area contributed by atoms with Crippen molar-refractivity contribution in [2.75, 3.05) is 33.2 Å². The van der Waals surface area contributed by atoms with Gasteiger partial charge in [0.15, 0.2) is 17.6 Å². The van der Waals surface area contributed by atoms with Gasteiger partial charge in [0, 0.05) is 39.7 Å². The maximum atomic E-state index is 12.3. The number of hydrogen-bond acceptors (Lipinski definition) is 11. The highest BCUT2D eigenvalue weighted by Crippen LogP contribution is 2.58. The molecule has 2 aliphatic heterocycles. The second kappa shape index (κ2) is 13.4. The summed E-state index contributed by atoms with van der Waals surface area (Å²) in [5.41, 5.74) is 5.21. The third-order valence-electron chi connectivity index (χ3n) is 10.4. The Hall–Kier alpha value is -3.12. The number of phenols is 3. The van der Waals surface area contributed by atoms with Gasteiger partial charge in [0.05, 0.1) is 20.8 Å². The predicted molar refractivity (Wildman–Crippen MR) is 183 cm³/mol. The topological polar surface area (TPSA) is 138 Å². The van der Waals surface area contributed by atoms with Gasteiger partial charge in [-0.3, -0.25) is 0 Å². The number of aromatic hydroxyl groups is 3. The molecule has 0 unspecified atom stereocenters. The monoisotopic (exact) mass is 682 g/mol. The molecule has 9 nitrogen and oxygen atoms in total. The minimum atomic E-state index is -1.06. The van der Waals surface area contributed by atoms with E-state index >= 15 is 0 Å². The Morgan fingerprint density at radius 3 is 2.57 bits per heavy atom. The van der Waals surface area contributed by atoms with Crippen LogP contribution < -0.4 is 18.9 Å². The molecular formula is C36H42O9S2. The summed E-state index contributed by atoms with van der Waals surface area (Å²) in [6, 6.07) is 8.87. The molecule has 47 heavy (non-hydrogen) atoms. The standard InChI is InChI=1S/C36H42O9S2/c1-42-29-15-25(32(39)36(43-2)34(29)41)35-33(40)26-17-46-47-21-5-3-4-18(12-21)6-7-19-13-24-30(22-9-8-20(38)14-23(19)22)27(44-11-10-37)16-28(45-35)31(24)26/h8-9,14-16,18-19,21,26,33,35,37-41H,3-7,10-13,17H2,1-2H3/t18-,19-,21+,26-,33-,35-/m1/s1. The lowest BCUT2D eigenvalue weighted by molar-refractivity contribution is 0.00293. The number of fused-ring (bicyclic) bond motifs is 6. The van der Waals surface area contributed by atoms with E-state index in [1.807, 2.05) is 29.0 Å². The second-order valence-corrected chi connectivity index (χ2v) is 15.7. The Labute approximate surface area is 282 Å². The average molecular weight is 683 g/mol. The van der Waals surface area contributed by atoms with E-state index in [4.69, 9.17) is 18.9 Å². The maximum absolute atomic E-state index is 12.3. The van der Waals surface area contributed by atoms with E-state index in [0.717, 1.165) is 40.7 Å². The fourth-order valence-corrected chi connectivity index (χ4v) is 11.3. The van der Waals surface area contributed by atoms with Gasteiger partial charge in [-0.15, -0.1) is 0 Å². The zero-order valence-electron chi connectivity index (χ0n) is 26.6. The molecule has 11 heteroatoms. The summed E-state index contributed by atoms with van der Waals surface area (Å²) in [7, 11) is 6.46. The molecule has 0 spiro atoms. The third kappa shape index (κ3) is 5.83. The summed E-state index contributed by atoms with van der Waals surface area (Å²) < 4.78 is 23.6. The van der Waals surface area contributed by atoms with Gasteiger partial charge in [-0.1, -0.05) is 40.5 Å². The number of rotatable bonds is 6. The van der Waals surface area contributed by atoms with Gasteiger partial charge in [-0.2, -0.15) is 0 Å². The normalized spacial score (nSPS) is 26.5. The van der Waals surface area contributed by atoms with Crippen LogP contribution in [0.2, 0.25) is 0 Å². The van der Waals surface area contributed by atoms with E-state index in [0.29, 0.717) is 34.8 Å². The minimum Gasteiger partial charge on any atom is -0.508 e. The zero-order valence-corrected chi connectivity index (χ0v) is 28.2. The molecule has 0 aromatic heterocycles. The van der Waals surface area contributed by atoms with Crippen molar-refractivity contribution in [1.82, 2.24) is 0 Å². The van der Waals surface area contributed by atoms with Gasteiger partial charge in [0.25, 0.3) is 0 Å². The van der Waals surface area contributed by atoms with Crippen LogP contribution in [0.5, 0.6) is 40.2 Å². The molecule has 1 fully saturated rings. The molecule has 4 aliphatic rings. The quantitative estimate of drug-likeness (QED) is 0.175. The van der Waals surface area contributed by atoms with Crippen molar-refractivity contribution in [2.45, 2.75) is 74.2 Å². The number of ether oxygens (including phenoxy) is 4. The summed E-state index contributed by atoms with van der Waals surface area (Å²) in [5, 5.41) is 55.1. The highest BCUT2D eigenvalue weighted by Gasteiger charge is 2.45. The van der Waals surface area contributed by atoms with Crippen LogP contribution in [0.1, 0.15) is 78.7 Å². The number of phenolic OH excluding ortho intramolecular Hbond substituents is 3. The van der Waals surface area contributed by atoms with Crippen LogP contribution in [0.25, 0.3) is 11.1 Å². The first kappa shape index (κ1) is 32.4. The molecule has 0 amide bonds. The van der Waals surface area contributed by atoms with E-state index in [-0.39, 0.29) is 59.4 Å². The average Bonchev–Trinajstić information content (AvgIpc) is 3.08. The van der Waals surface area contributed by atoms with Gasteiger partial charge in [-0.25, -0.2) is 0 Å². The number of methoxy groups -OCH3 is 2. The van der Waals surface area contributed by atoms with Crippen LogP contribution >= 0.6 is 21.6 Å². The molecule has 252 valence electrons. The highest BCUT2D eigenvalue weighted by atomic mass is 33.1. The minimum absolute atomic E-state index is 0.0836. The van der Waals surface area contributed by atoms with Gasteiger partial charge in [0.2, 0.25) is 11.5 Å². The Bertz CT molecular complexity index is 1650. The van der Waals surface area contributed by atoms with Crippen LogP contribution in [0.3, 0.4) is 0 Å². The fourth-order valence-electron chi connectivity index (χ4n) is 8.16. The largest absolute Gasteiger partial charge is 0.508 e. The molecule has 3 aromatic rings. The summed E-state index contributed by atoms with van der Waals surface area (Å²) in [6.07, 6.45) is 5.56. The summed E-state index contributed by atoms with van der Waals surface area (Å²) >= 11 is 0.